The van der Waals surface area contributed by atoms with Gasteiger partial charge in [0.05, 0.1) is 29.4 Å². The van der Waals surface area contributed by atoms with Crippen molar-refractivity contribution in [2.75, 3.05) is 11.9 Å². The van der Waals surface area contributed by atoms with Crippen LogP contribution >= 0.6 is 23.2 Å². The number of aliphatic hydroxyl groups excluding tert-OH is 1. The van der Waals surface area contributed by atoms with Crippen LogP contribution in [-0.2, 0) is 13.1 Å². The van der Waals surface area contributed by atoms with E-state index in [1.807, 2.05) is 6.07 Å². The maximum atomic E-state index is 12.0. The van der Waals surface area contributed by atoms with E-state index < -0.39 is 0 Å². The molecule has 0 atom stereocenters. The van der Waals surface area contributed by atoms with Gasteiger partial charge in [-0.2, -0.15) is 10.1 Å². The zero-order valence-corrected chi connectivity index (χ0v) is 13.4. The lowest BCUT2D eigenvalue weighted by Crippen LogP contribution is -2.14. The van der Waals surface area contributed by atoms with Crippen molar-refractivity contribution in [2.24, 2.45) is 0 Å². The van der Waals surface area contributed by atoms with Crippen LogP contribution in [0.4, 0.5) is 5.95 Å². The van der Waals surface area contributed by atoms with Crippen LogP contribution in [0.15, 0.2) is 29.2 Å². The molecule has 2 aromatic heterocycles. The number of aromatic nitrogens is 4. The van der Waals surface area contributed by atoms with Crippen molar-refractivity contribution < 1.29 is 5.11 Å². The molecule has 0 saturated carbocycles. The van der Waals surface area contributed by atoms with Crippen LogP contribution in [0.2, 0.25) is 10.0 Å². The lowest BCUT2D eigenvalue weighted by Gasteiger charge is -2.07. The molecule has 0 fully saturated rings. The van der Waals surface area contributed by atoms with Gasteiger partial charge in [0, 0.05) is 6.54 Å². The van der Waals surface area contributed by atoms with Crippen molar-refractivity contribution in [3.05, 3.63) is 50.4 Å². The number of hydrogen-bond acceptors (Lipinski definition) is 5. The van der Waals surface area contributed by atoms with Crippen molar-refractivity contribution in [2.45, 2.75) is 13.1 Å². The number of rotatable bonds is 5. The van der Waals surface area contributed by atoms with E-state index >= 15 is 0 Å². The molecule has 1 aromatic carbocycles. The summed E-state index contributed by atoms with van der Waals surface area (Å²) in [4.78, 5) is 19.0. The van der Waals surface area contributed by atoms with Crippen molar-refractivity contribution in [1.29, 1.82) is 0 Å². The molecule has 0 aliphatic carbocycles. The lowest BCUT2D eigenvalue weighted by molar-refractivity contribution is 0.271. The van der Waals surface area contributed by atoms with E-state index in [9.17, 15) is 4.79 Å². The maximum absolute atomic E-state index is 12.0. The smallest absolute Gasteiger partial charge is 0.263 e. The number of aromatic amines is 1. The fourth-order valence-electron chi connectivity index (χ4n) is 2.14. The first-order valence-electron chi connectivity index (χ1n) is 6.83. The molecule has 3 rings (SSSR count). The number of nitrogens with zero attached hydrogens (tertiary/aromatic N) is 3. The van der Waals surface area contributed by atoms with Gasteiger partial charge in [-0.05, 0) is 17.7 Å². The van der Waals surface area contributed by atoms with E-state index in [-0.39, 0.29) is 18.7 Å². The van der Waals surface area contributed by atoms with Gasteiger partial charge in [0.15, 0.2) is 5.65 Å². The third kappa shape index (κ3) is 3.31. The van der Waals surface area contributed by atoms with Gasteiger partial charge in [0.25, 0.3) is 5.56 Å². The maximum Gasteiger partial charge on any atom is 0.263 e. The van der Waals surface area contributed by atoms with Crippen molar-refractivity contribution in [1.82, 2.24) is 19.7 Å². The van der Waals surface area contributed by atoms with Gasteiger partial charge < -0.3 is 10.4 Å². The fourth-order valence-corrected chi connectivity index (χ4v) is 2.46. The van der Waals surface area contributed by atoms with Crippen LogP contribution in [0.3, 0.4) is 0 Å². The van der Waals surface area contributed by atoms with Crippen LogP contribution in [0.25, 0.3) is 11.0 Å². The van der Waals surface area contributed by atoms with E-state index in [1.165, 1.54) is 10.9 Å². The molecular weight excluding hydrogens is 341 g/mol. The van der Waals surface area contributed by atoms with Gasteiger partial charge in [-0.25, -0.2) is 4.68 Å². The summed E-state index contributed by atoms with van der Waals surface area (Å²) in [6.45, 7) is 0.600. The van der Waals surface area contributed by atoms with E-state index in [1.54, 1.807) is 12.1 Å². The third-order valence-electron chi connectivity index (χ3n) is 3.26. The Labute approximate surface area is 140 Å². The summed E-state index contributed by atoms with van der Waals surface area (Å²) in [5, 5.41) is 17.4. The average Bonchev–Trinajstić information content (AvgIpc) is 2.93. The largest absolute Gasteiger partial charge is 0.394 e. The zero-order chi connectivity index (χ0) is 16.4. The second kappa shape index (κ2) is 6.57. The molecule has 120 valence electrons. The van der Waals surface area contributed by atoms with E-state index in [0.717, 1.165) is 5.56 Å². The SMILES string of the molecule is O=c1[nH]c(NCc2ccc(Cl)c(Cl)c2)nc2c1cnn2CCO. The molecule has 0 amide bonds. The molecule has 0 spiro atoms. The van der Waals surface area contributed by atoms with Gasteiger partial charge in [0.1, 0.15) is 5.39 Å². The van der Waals surface area contributed by atoms with Crippen LogP contribution < -0.4 is 10.9 Å². The molecule has 0 aliphatic rings. The first-order valence-corrected chi connectivity index (χ1v) is 7.58. The monoisotopic (exact) mass is 353 g/mol. The summed E-state index contributed by atoms with van der Waals surface area (Å²) < 4.78 is 1.48. The van der Waals surface area contributed by atoms with Gasteiger partial charge in [0.2, 0.25) is 5.95 Å². The highest BCUT2D eigenvalue weighted by Crippen LogP contribution is 2.22. The van der Waals surface area contributed by atoms with Gasteiger partial charge in [-0.1, -0.05) is 29.3 Å². The zero-order valence-electron chi connectivity index (χ0n) is 11.9. The number of anilines is 1. The molecule has 0 bridgehead atoms. The predicted octanol–water partition coefficient (Wildman–Crippen LogP) is 2.03. The van der Waals surface area contributed by atoms with Crippen molar-refractivity contribution in [3.8, 4) is 0 Å². The van der Waals surface area contributed by atoms with Crippen LogP contribution in [-0.4, -0.2) is 31.5 Å². The molecule has 0 radical (unpaired) electrons. The summed E-state index contributed by atoms with van der Waals surface area (Å²) in [7, 11) is 0. The Kier molecular flexibility index (Phi) is 4.51. The second-order valence-electron chi connectivity index (χ2n) is 4.85. The highest BCUT2D eigenvalue weighted by atomic mass is 35.5. The molecule has 9 heteroatoms. The number of hydrogen-bond donors (Lipinski definition) is 3. The number of benzene rings is 1. The number of halogens is 2. The highest BCUT2D eigenvalue weighted by molar-refractivity contribution is 6.42. The van der Waals surface area contributed by atoms with Crippen LogP contribution in [0.1, 0.15) is 5.56 Å². The Morgan fingerprint density at radius 3 is 2.87 bits per heavy atom. The molecule has 0 aliphatic heterocycles. The number of H-pyrrole nitrogens is 1. The first-order chi connectivity index (χ1) is 11.1. The minimum atomic E-state index is -0.296. The fraction of sp³-hybridized carbons (Fsp3) is 0.214. The van der Waals surface area contributed by atoms with Crippen LogP contribution in [0.5, 0.6) is 0 Å². The summed E-state index contributed by atoms with van der Waals surface area (Å²) in [5.41, 5.74) is 1.02. The molecule has 3 aromatic rings. The Hall–Kier alpha value is -2.09. The van der Waals surface area contributed by atoms with E-state index in [4.69, 9.17) is 28.3 Å². The molecule has 0 unspecified atom stereocenters. The summed E-state index contributed by atoms with van der Waals surface area (Å²) >= 11 is 11.8. The summed E-state index contributed by atoms with van der Waals surface area (Å²) in [6, 6.07) is 5.27. The van der Waals surface area contributed by atoms with Crippen molar-refractivity contribution in [3.63, 3.8) is 0 Å². The summed E-state index contributed by atoms with van der Waals surface area (Å²) in [5.74, 6) is 0.313. The second-order valence-corrected chi connectivity index (χ2v) is 5.66. The number of nitrogens with one attached hydrogen (secondary N) is 2. The normalized spacial score (nSPS) is 11.1. The quantitative estimate of drug-likeness (QED) is 0.652. The summed E-state index contributed by atoms with van der Waals surface area (Å²) in [6.07, 6.45) is 1.43. The number of aliphatic hydroxyl groups is 1. The molecular formula is C14H13Cl2N5O2. The average molecular weight is 354 g/mol. The minimum absolute atomic E-state index is 0.0860. The predicted molar refractivity (Wildman–Crippen MR) is 89.0 cm³/mol. The topological polar surface area (TPSA) is 95.8 Å². The Balaban J connectivity index is 1.86. The lowest BCUT2D eigenvalue weighted by atomic mass is 10.2. The molecule has 3 N–H and O–H groups in total. The van der Waals surface area contributed by atoms with Gasteiger partial charge >= 0.3 is 0 Å². The Morgan fingerprint density at radius 2 is 2.13 bits per heavy atom. The van der Waals surface area contributed by atoms with Gasteiger partial charge in [-0.15, -0.1) is 0 Å². The Morgan fingerprint density at radius 1 is 1.30 bits per heavy atom. The highest BCUT2D eigenvalue weighted by Gasteiger charge is 2.10. The standard InChI is InChI=1S/C14H13Cl2N5O2/c15-10-2-1-8(5-11(10)16)6-17-14-19-12-9(13(23)20-14)7-18-21(12)3-4-22/h1-2,5,7,22H,3-4,6H2,(H2,17,19,20,23). The van der Waals surface area contributed by atoms with Gasteiger partial charge in [-0.3, -0.25) is 9.78 Å². The minimum Gasteiger partial charge on any atom is -0.394 e. The van der Waals surface area contributed by atoms with Crippen LogP contribution in [0, 0.1) is 0 Å². The molecule has 0 saturated heterocycles. The Bertz CT molecular complexity index is 906. The number of fused-ring (bicyclic) bond motifs is 1. The molecule has 7 nitrogen and oxygen atoms in total. The first kappa shape index (κ1) is 15.8. The van der Waals surface area contributed by atoms with E-state index in [2.05, 4.69) is 20.4 Å². The van der Waals surface area contributed by atoms with Crippen molar-refractivity contribution >= 4 is 40.2 Å². The van der Waals surface area contributed by atoms with E-state index in [0.29, 0.717) is 33.6 Å². The third-order valence-corrected chi connectivity index (χ3v) is 4.00. The molecule has 23 heavy (non-hydrogen) atoms. The molecule has 2 heterocycles.